The molecule has 6 heteroatoms. The molecule has 2 aliphatic rings. The highest BCUT2D eigenvalue weighted by atomic mass is 16.2. The number of hydrogen-bond acceptors (Lipinski definition) is 4. The van der Waals surface area contributed by atoms with Crippen LogP contribution in [0.3, 0.4) is 0 Å². The lowest BCUT2D eigenvalue weighted by Crippen LogP contribution is -2.58. The van der Waals surface area contributed by atoms with Crippen molar-refractivity contribution in [3.63, 3.8) is 0 Å². The van der Waals surface area contributed by atoms with Gasteiger partial charge in [0.05, 0.1) is 12.0 Å². The van der Waals surface area contributed by atoms with E-state index in [1.54, 1.807) is 0 Å². The molecule has 0 radical (unpaired) electrons. The summed E-state index contributed by atoms with van der Waals surface area (Å²) < 4.78 is 0. The third kappa shape index (κ3) is 2.25. The Bertz CT molecular complexity index is 388. The van der Waals surface area contributed by atoms with Gasteiger partial charge in [0.25, 0.3) is 5.91 Å². The molecule has 0 aromatic carbocycles. The maximum absolute atomic E-state index is 12.1. The number of nitrogens with zero attached hydrogens (tertiary/aromatic N) is 1. The van der Waals surface area contributed by atoms with Crippen LogP contribution in [0.4, 0.5) is 0 Å². The van der Waals surface area contributed by atoms with Crippen LogP contribution in [0.25, 0.3) is 0 Å². The second-order valence-electron chi connectivity index (χ2n) is 5.24. The lowest BCUT2D eigenvalue weighted by molar-refractivity contribution is -0.138. The Balaban J connectivity index is 1.99. The summed E-state index contributed by atoms with van der Waals surface area (Å²) in [7, 11) is 1.43. The van der Waals surface area contributed by atoms with E-state index >= 15 is 0 Å². The van der Waals surface area contributed by atoms with Crippen molar-refractivity contribution in [2.75, 3.05) is 7.05 Å². The van der Waals surface area contributed by atoms with Crippen LogP contribution in [0.2, 0.25) is 0 Å². The van der Waals surface area contributed by atoms with Crippen LogP contribution in [0.1, 0.15) is 38.5 Å². The fourth-order valence-corrected chi connectivity index (χ4v) is 2.58. The number of rotatable bonds is 2. The normalized spacial score (nSPS) is 27.4. The number of carbonyl (C=O) groups is 3. The van der Waals surface area contributed by atoms with Gasteiger partial charge in [-0.15, -0.1) is 0 Å². The van der Waals surface area contributed by atoms with Crippen molar-refractivity contribution in [2.24, 2.45) is 5.73 Å². The maximum Gasteiger partial charge on any atom is 0.252 e. The Morgan fingerprint density at radius 1 is 1.33 bits per heavy atom. The van der Waals surface area contributed by atoms with Gasteiger partial charge in [0, 0.05) is 7.05 Å². The van der Waals surface area contributed by atoms with Crippen molar-refractivity contribution in [1.29, 1.82) is 0 Å². The molecule has 0 bridgehead atoms. The fourth-order valence-electron chi connectivity index (χ4n) is 2.58. The third-order valence-corrected chi connectivity index (χ3v) is 3.88. The summed E-state index contributed by atoms with van der Waals surface area (Å²) in [6, 6.07) is -0.739. The van der Waals surface area contributed by atoms with Gasteiger partial charge in [0.2, 0.25) is 11.8 Å². The van der Waals surface area contributed by atoms with Gasteiger partial charge in [0.1, 0.15) is 6.04 Å². The first kappa shape index (κ1) is 13.0. The Morgan fingerprint density at radius 2 is 1.94 bits per heavy atom. The minimum Gasteiger partial charge on any atom is -0.342 e. The summed E-state index contributed by atoms with van der Waals surface area (Å²) >= 11 is 0. The minimum atomic E-state index is -0.872. The van der Waals surface area contributed by atoms with Gasteiger partial charge in [-0.05, 0) is 12.8 Å². The zero-order chi connectivity index (χ0) is 13.3. The zero-order valence-electron chi connectivity index (χ0n) is 10.6. The van der Waals surface area contributed by atoms with Gasteiger partial charge in [-0.2, -0.15) is 0 Å². The SMILES string of the molecule is CN1C(=O)CC(NC(=O)C2(N)CCCCC2)C1=O. The molecule has 3 amide bonds. The molecule has 1 saturated carbocycles. The quantitative estimate of drug-likeness (QED) is 0.650. The van der Waals surface area contributed by atoms with E-state index in [9.17, 15) is 14.4 Å². The van der Waals surface area contributed by atoms with Gasteiger partial charge in [-0.25, -0.2) is 0 Å². The summed E-state index contributed by atoms with van der Waals surface area (Å²) in [4.78, 5) is 36.2. The minimum absolute atomic E-state index is 0.0388. The number of hydrogen-bond donors (Lipinski definition) is 2. The van der Waals surface area contributed by atoms with Gasteiger partial charge in [0.15, 0.2) is 0 Å². The lowest BCUT2D eigenvalue weighted by Gasteiger charge is -2.32. The Hall–Kier alpha value is -1.43. The van der Waals surface area contributed by atoms with Gasteiger partial charge < -0.3 is 11.1 Å². The van der Waals surface area contributed by atoms with Crippen molar-refractivity contribution in [3.8, 4) is 0 Å². The second-order valence-corrected chi connectivity index (χ2v) is 5.24. The smallest absolute Gasteiger partial charge is 0.252 e. The molecule has 6 nitrogen and oxygen atoms in total. The van der Waals surface area contributed by atoms with Gasteiger partial charge >= 0.3 is 0 Å². The molecule has 0 aromatic heterocycles. The Morgan fingerprint density at radius 3 is 2.44 bits per heavy atom. The molecular weight excluding hydrogens is 234 g/mol. The van der Waals surface area contributed by atoms with E-state index in [0.29, 0.717) is 12.8 Å². The number of nitrogens with two attached hydrogens (primary N) is 1. The van der Waals surface area contributed by atoms with Crippen molar-refractivity contribution in [1.82, 2.24) is 10.2 Å². The summed E-state index contributed by atoms with van der Waals surface area (Å²) in [5.41, 5.74) is 5.20. The number of carbonyl (C=O) groups excluding carboxylic acids is 3. The molecule has 2 rings (SSSR count). The van der Waals surface area contributed by atoms with E-state index in [4.69, 9.17) is 5.73 Å². The van der Waals surface area contributed by atoms with E-state index < -0.39 is 11.6 Å². The Kier molecular flexibility index (Phi) is 3.38. The van der Waals surface area contributed by atoms with Crippen molar-refractivity contribution >= 4 is 17.7 Å². The van der Waals surface area contributed by atoms with Crippen LogP contribution in [0, 0.1) is 0 Å². The maximum atomic E-state index is 12.1. The topological polar surface area (TPSA) is 92.5 Å². The molecule has 100 valence electrons. The van der Waals surface area contributed by atoms with E-state index in [1.165, 1.54) is 7.05 Å². The number of amides is 3. The van der Waals surface area contributed by atoms with E-state index in [0.717, 1.165) is 24.2 Å². The van der Waals surface area contributed by atoms with Gasteiger partial charge in [-0.3, -0.25) is 19.3 Å². The van der Waals surface area contributed by atoms with Crippen LogP contribution in [-0.4, -0.2) is 41.2 Å². The van der Waals surface area contributed by atoms with Crippen LogP contribution >= 0.6 is 0 Å². The molecular formula is C12H19N3O3. The largest absolute Gasteiger partial charge is 0.342 e. The summed E-state index contributed by atoms with van der Waals surface area (Å²) in [6.45, 7) is 0. The summed E-state index contributed by atoms with van der Waals surface area (Å²) in [5, 5.41) is 2.62. The highest BCUT2D eigenvalue weighted by molar-refractivity contribution is 6.07. The molecule has 1 heterocycles. The lowest BCUT2D eigenvalue weighted by atomic mass is 9.81. The number of likely N-dealkylation sites (N-methyl/N-ethyl adjacent to an activating group) is 1. The van der Waals surface area contributed by atoms with Crippen molar-refractivity contribution < 1.29 is 14.4 Å². The molecule has 1 aliphatic carbocycles. The highest BCUT2D eigenvalue weighted by Gasteiger charge is 2.41. The van der Waals surface area contributed by atoms with Crippen molar-refractivity contribution in [2.45, 2.75) is 50.1 Å². The average molecular weight is 253 g/mol. The summed E-state index contributed by atoms with van der Waals surface area (Å²) in [5.74, 6) is -0.920. The first-order valence-electron chi connectivity index (χ1n) is 6.34. The average Bonchev–Trinajstić information content (AvgIpc) is 2.58. The highest BCUT2D eigenvalue weighted by Crippen LogP contribution is 2.26. The molecule has 1 saturated heterocycles. The first-order valence-corrected chi connectivity index (χ1v) is 6.34. The second kappa shape index (κ2) is 4.68. The molecule has 1 unspecified atom stereocenters. The molecule has 0 spiro atoms. The van der Waals surface area contributed by atoms with Crippen LogP contribution in [0.15, 0.2) is 0 Å². The summed E-state index contributed by atoms with van der Waals surface area (Å²) in [6.07, 6.45) is 4.28. The van der Waals surface area contributed by atoms with Crippen LogP contribution in [-0.2, 0) is 14.4 Å². The predicted octanol–water partition coefficient (Wildman–Crippen LogP) is -0.478. The zero-order valence-corrected chi connectivity index (χ0v) is 10.6. The molecule has 1 atom stereocenters. The molecule has 1 aliphatic heterocycles. The Labute approximate surface area is 106 Å². The standard InChI is InChI=1S/C12H19N3O3/c1-15-9(16)7-8(10(15)17)14-11(18)12(13)5-3-2-4-6-12/h8H,2-7,13H2,1H3,(H,14,18). The number of nitrogens with one attached hydrogen (secondary N) is 1. The monoisotopic (exact) mass is 253 g/mol. The fraction of sp³-hybridized carbons (Fsp3) is 0.750. The molecule has 18 heavy (non-hydrogen) atoms. The van der Waals surface area contributed by atoms with E-state index in [-0.39, 0.29) is 24.1 Å². The van der Waals surface area contributed by atoms with E-state index in [1.807, 2.05) is 0 Å². The third-order valence-electron chi connectivity index (χ3n) is 3.88. The van der Waals surface area contributed by atoms with Crippen molar-refractivity contribution in [3.05, 3.63) is 0 Å². The van der Waals surface area contributed by atoms with Crippen LogP contribution in [0.5, 0.6) is 0 Å². The molecule has 2 fully saturated rings. The molecule has 0 aromatic rings. The van der Waals surface area contributed by atoms with Crippen LogP contribution < -0.4 is 11.1 Å². The molecule has 3 N–H and O–H groups in total. The van der Waals surface area contributed by atoms with Gasteiger partial charge in [-0.1, -0.05) is 19.3 Å². The first-order chi connectivity index (χ1) is 8.44. The number of likely N-dealkylation sites (tertiary alicyclic amines) is 1. The predicted molar refractivity (Wildman–Crippen MR) is 64.3 cm³/mol. The number of imide groups is 1. The van der Waals surface area contributed by atoms with E-state index in [2.05, 4.69) is 5.32 Å².